The Morgan fingerprint density at radius 3 is 2.43 bits per heavy atom. The fourth-order valence-corrected chi connectivity index (χ4v) is 2.17. The molecule has 2 rings (SSSR count). The second-order valence-electron chi connectivity index (χ2n) is 4.30. The first-order valence-corrected chi connectivity index (χ1v) is 7.42. The number of esters is 1. The molecule has 0 aliphatic carbocycles. The number of halogens is 1. The Morgan fingerprint density at radius 1 is 1.10 bits per heavy atom. The third-order valence-electron chi connectivity index (χ3n) is 2.92. The number of ketones is 1. The number of para-hydroxylation sites is 1. The van der Waals surface area contributed by atoms with Gasteiger partial charge in [0.25, 0.3) is 0 Å². The van der Waals surface area contributed by atoms with Gasteiger partial charge in [0, 0.05) is 21.9 Å². The van der Waals surface area contributed by atoms with Crippen LogP contribution in [-0.4, -0.2) is 25.4 Å². The lowest BCUT2D eigenvalue weighted by Gasteiger charge is -2.08. The summed E-state index contributed by atoms with van der Waals surface area (Å²) in [6.07, 6.45) is 0. The molecule has 0 bridgehead atoms. The Balaban J connectivity index is 2.01. The van der Waals surface area contributed by atoms with Crippen molar-refractivity contribution in [2.45, 2.75) is 0 Å². The molecule has 0 aliphatic heterocycles. The topological polar surface area (TPSA) is 55.4 Å². The SMILES string of the molecule is CNc1ccccc1C(=O)OCC(=O)c1ccc(I)cc1. The molecule has 0 saturated carbocycles. The Bertz CT molecular complexity index is 653. The average molecular weight is 395 g/mol. The zero-order valence-corrected chi connectivity index (χ0v) is 13.6. The van der Waals surface area contributed by atoms with Gasteiger partial charge in [-0.3, -0.25) is 4.79 Å². The molecule has 0 spiro atoms. The number of carbonyl (C=O) groups excluding carboxylic acids is 2. The first kappa shape index (κ1) is 15.5. The molecule has 5 heteroatoms. The molecule has 2 aromatic carbocycles. The zero-order valence-electron chi connectivity index (χ0n) is 11.4. The maximum Gasteiger partial charge on any atom is 0.340 e. The maximum absolute atomic E-state index is 12.0. The van der Waals surface area contributed by atoms with Crippen LogP contribution in [0.5, 0.6) is 0 Å². The predicted molar refractivity (Wildman–Crippen MR) is 89.8 cm³/mol. The quantitative estimate of drug-likeness (QED) is 0.479. The van der Waals surface area contributed by atoms with Crippen molar-refractivity contribution in [2.75, 3.05) is 19.0 Å². The Labute approximate surface area is 136 Å². The highest BCUT2D eigenvalue weighted by atomic mass is 127. The molecule has 2 aromatic rings. The Hall–Kier alpha value is -1.89. The highest BCUT2D eigenvalue weighted by Crippen LogP contribution is 2.15. The summed E-state index contributed by atoms with van der Waals surface area (Å²) in [7, 11) is 1.73. The number of rotatable bonds is 5. The second kappa shape index (κ2) is 7.21. The molecule has 0 heterocycles. The van der Waals surface area contributed by atoms with Gasteiger partial charge < -0.3 is 10.1 Å². The smallest absolute Gasteiger partial charge is 0.340 e. The van der Waals surface area contributed by atoms with Crippen molar-refractivity contribution in [3.8, 4) is 0 Å². The number of ether oxygens (including phenoxy) is 1. The van der Waals surface area contributed by atoms with E-state index in [0.717, 1.165) is 3.57 Å². The molecule has 0 unspecified atom stereocenters. The van der Waals surface area contributed by atoms with Gasteiger partial charge in [0.2, 0.25) is 0 Å². The Kier molecular flexibility index (Phi) is 5.32. The molecule has 0 atom stereocenters. The number of benzene rings is 2. The maximum atomic E-state index is 12.0. The van der Waals surface area contributed by atoms with E-state index in [1.54, 1.807) is 37.4 Å². The van der Waals surface area contributed by atoms with E-state index in [0.29, 0.717) is 16.8 Å². The van der Waals surface area contributed by atoms with Crippen LogP contribution in [0.3, 0.4) is 0 Å². The zero-order chi connectivity index (χ0) is 15.2. The van der Waals surface area contributed by atoms with Crippen LogP contribution in [0.2, 0.25) is 0 Å². The molecule has 0 aromatic heterocycles. The minimum atomic E-state index is -0.515. The summed E-state index contributed by atoms with van der Waals surface area (Å²) in [4.78, 5) is 23.9. The molecule has 4 nitrogen and oxygen atoms in total. The van der Waals surface area contributed by atoms with Gasteiger partial charge in [-0.25, -0.2) is 4.79 Å². The summed E-state index contributed by atoms with van der Waals surface area (Å²) in [6.45, 7) is -0.266. The normalized spacial score (nSPS) is 10.0. The van der Waals surface area contributed by atoms with Crippen LogP contribution in [0.15, 0.2) is 48.5 Å². The van der Waals surface area contributed by atoms with Gasteiger partial charge >= 0.3 is 5.97 Å². The number of nitrogens with one attached hydrogen (secondary N) is 1. The average Bonchev–Trinajstić information content (AvgIpc) is 2.52. The van der Waals surface area contributed by atoms with Crippen LogP contribution in [0.25, 0.3) is 0 Å². The number of Topliss-reactive ketones (excluding diaryl/α,β-unsaturated/α-hetero) is 1. The van der Waals surface area contributed by atoms with E-state index in [-0.39, 0.29) is 12.4 Å². The molecular formula is C16H14INO3. The minimum absolute atomic E-state index is 0.221. The predicted octanol–water partition coefficient (Wildman–Crippen LogP) is 3.37. The van der Waals surface area contributed by atoms with E-state index in [9.17, 15) is 9.59 Å². The molecule has 21 heavy (non-hydrogen) atoms. The summed E-state index contributed by atoms with van der Waals surface area (Å²) >= 11 is 2.16. The van der Waals surface area contributed by atoms with E-state index in [2.05, 4.69) is 27.9 Å². The van der Waals surface area contributed by atoms with Crippen molar-refractivity contribution < 1.29 is 14.3 Å². The van der Waals surface area contributed by atoms with Gasteiger partial charge in [0.05, 0.1) is 5.56 Å². The fourth-order valence-electron chi connectivity index (χ4n) is 1.81. The molecule has 0 amide bonds. The summed E-state index contributed by atoms with van der Waals surface area (Å²) < 4.78 is 6.13. The third-order valence-corrected chi connectivity index (χ3v) is 3.64. The first-order valence-electron chi connectivity index (χ1n) is 6.34. The monoisotopic (exact) mass is 395 g/mol. The lowest BCUT2D eigenvalue weighted by molar-refractivity contribution is 0.0475. The van der Waals surface area contributed by atoms with Crippen molar-refractivity contribution in [1.82, 2.24) is 0 Å². The van der Waals surface area contributed by atoms with Gasteiger partial charge in [-0.05, 0) is 46.9 Å². The molecule has 0 fully saturated rings. The molecule has 0 saturated heterocycles. The highest BCUT2D eigenvalue weighted by molar-refractivity contribution is 14.1. The summed E-state index contributed by atoms with van der Waals surface area (Å²) in [5, 5.41) is 2.92. The van der Waals surface area contributed by atoms with Crippen molar-refractivity contribution >= 4 is 40.0 Å². The lowest BCUT2D eigenvalue weighted by Crippen LogP contribution is -2.15. The minimum Gasteiger partial charge on any atom is -0.454 e. The number of hydrogen-bond donors (Lipinski definition) is 1. The van der Waals surface area contributed by atoms with E-state index in [4.69, 9.17) is 4.74 Å². The van der Waals surface area contributed by atoms with Crippen LogP contribution in [0, 0.1) is 3.57 Å². The fraction of sp³-hybridized carbons (Fsp3) is 0.125. The van der Waals surface area contributed by atoms with Crippen molar-refractivity contribution in [2.24, 2.45) is 0 Å². The highest BCUT2D eigenvalue weighted by Gasteiger charge is 2.14. The van der Waals surface area contributed by atoms with E-state index in [1.807, 2.05) is 18.2 Å². The number of hydrogen-bond acceptors (Lipinski definition) is 4. The van der Waals surface area contributed by atoms with Crippen LogP contribution in [0.1, 0.15) is 20.7 Å². The van der Waals surface area contributed by atoms with Crippen molar-refractivity contribution in [3.63, 3.8) is 0 Å². The molecule has 108 valence electrons. The number of anilines is 1. The van der Waals surface area contributed by atoms with Gasteiger partial charge in [0.1, 0.15) is 0 Å². The summed E-state index contributed by atoms with van der Waals surface area (Å²) in [6, 6.07) is 14.1. The number of carbonyl (C=O) groups is 2. The van der Waals surface area contributed by atoms with Gasteiger partial charge in [-0.1, -0.05) is 24.3 Å². The molecule has 1 N–H and O–H groups in total. The molecule has 0 radical (unpaired) electrons. The van der Waals surface area contributed by atoms with E-state index in [1.165, 1.54) is 0 Å². The summed E-state index contributed by atoms with van der Waals surface area (Å²) in [5.74, 6) is -0.736. The Morgan fingerprint density at radius 2 is 1.76 bits per heavy atom. The molecular weight excluding hydrogens is 381 g/mol. The van der Waals surface area contributed by atoms with Crippen LogP contribution < -0.4 is 5.32 Å². The van der Waals surface area contributed by atoms with E-state index < -0.39 is 5.97 Å². The largest absolute Gasteiger partial charge is 0.454 e. The van der Waals surface area contributed by atoms with Gasteiger partial charge in [-0.15, -0.1) is 0 Å². The van der Waals surface area contributed by atoms with Crippen molar-refractivity contribution in [3.05, 3.63) is 63.2 Å². The lowest BCUT2D eigenvalue weighted by atomic mass is 10.1. The van der Waals surface area contributed by atoms with Gasteiger partial charge in [0.15, 0.2) is 12.4 Å². The summed E-state index contributed by atoms with van der Waals surface area (Å²) in [5.41, 5.74) is 1.62. The van der Waals surface area contributed by atoms with Crippen LogP contribution >= 0.6 is 22.6 Å². The standard InChI is InChI=1S/C16H14INO3/c1-18-14-5-3-2-4-13(14)16(20)21-10-15(19)11-6-8-12(17)9-7-11/h2-9,18H,10H2,1H3. The van der Waals surface area contributed by atoms with Crippen LogP contribution in [0.4, 0.5) is 5.69 Å². The third kappa shape index (κ3) is 4.04. The van der Waals surface area contributed by atoms with E-state index >= 15 is 0 Å². The first-order chi connectivity index (χ1) is 10.1. The van der Waals surface area contributed by atoms with Gasteiger partial charge in [-0.2, -0.15) is 0 Å². The second-order valence-corrected chi connectivity index (χ2v) is 5.55. The molecule has 0 aliphatic rings. The van der Waals surface area contributed by atoms with Crippen LogP contribution in [-0.2, 0) is 4.74 Å². The van der Waals surface area contributed by atoms with Crippen molar-refractivity contribution in [1.29, 1.82) is 0 Å².